The molecular weight excluding hydrogens is 340 g/mol. The number of hydrogen-bond acceptors (Lipinski definition) is 4. The molecule has 4 rings (SSSR count). The van der Waals surface area contributed by atoms with Crippen molar-refractivity contribution in [3.8, 4) is 0 Å². The molecule has 4 nitrogen and oxygen atoms in total. The second kappa shape index (κ2) is 8.53. The van der Waals surface area contributed by atoms with Crippen molar-refractivity contribution in [3.05, 3.63) is 71.8 Å². The van der Waals surface area contributed by atoms with Crippen molar-refractivity contribution in [1.29, 1.82) is 0 Å². The molecule has 1 saturated heterocycles. The van der Waals surface area contributed by atoms with Crippen molar-refractivity contribution in [2.45, 2.75) is 69.4 Å². The summed E-state index contributed by atoms with van der Waals surface area (Å²) in [7, 11) is 0. The summed E-state index contributed by atoms with van der Waals surface area (Å²) in [6, 6.07) is 20.8. The zero-order valence-electron chi connectivity index (χ0n) is 15.8. The molecule has 2 aliphatic rings. The van der Waals surface area contributed by atoms with Crippen molar-refractivity contribution < 1.29 is 19.6 Å². The van der Waals surface area contributed by atoms with E-state index in [1.165, 1.54) is 17.5 Å². The van der Waals surface area contributed by atoms with E-state index in [4.69, 9.17) is 19.6 Å². The van der Waals surface area contributed by atoms with Crippen LogP contribution in [0.25, 0.3) is 0 Å². The van der Waals surface area contributed by atoms with E-state index >= 15 is 0 Å². The molecule has 144 valence electrons. The molecule has 1 saturated carbocycles. The molecule has 0 radical (unpaired) electrons. The molecule has 1 heterocycles. The van der Waals surface area contributed by atoms with Gasteiger partial charge in [0.2, 0.25) is 11.6 Å². The van der Waals surface area contributed by atoms with Crippen LogP contribution in [0, 0.1) is 0 Å². The number of benzene rings is 2. The van der Waals surface area contributed by atoms with Crippen molar-refractivity contribution in [1.82, 2.24) is 0 Å². The zero-order chi connectivity index (χ0) is 18.4. The molecule has 4 heteroatoms. The van der Waals surface area contributed by atoms with E-state index < -0.39 is 11.6 Å². The Morgan fingerprint density at radius 2 is 1.07 bits per heavy atom. The number of aryl methyl sites for hydroxylation is 2. The third kappa shape index (κ3) is 4.77. The van der Waals surface area contributed by atoms with E-state index in [2.05, 4.69) is 48.5 Å². The minimum Gasteiger partial charge on any atom is -0.195 e. The van der Waals surface area contributed by atoms with Gasteiger partial charge in [0.15, 0.2) is 0 Å². The zero-order valence-corrected chi connectivity index (χ0v) is 15.8. The molecule has 0 bridgehead atoms. The van der Waals surface area contributed by atoms with E-state index in [1.54, 1.807) is 0 Å². The van der Waals surface area contributed by atoms with Crippen molar-refractivity contribution in [2.75, 3.05) is 0 Å². The summed E-state index contributed by atoms with van der Waals surface area (Å²) in [5.41, 5.74) is 2.50. The predicted octanol–water partition coefficient (Wildman–Crippen LogP) is 5.52. The van der Waals surface area contributed by atoms with Crippen molar-refractivity contribution in [2.24, 2.45) is 0 Å². The molecule has 0 atom stereocenters. The fourth-order valence-electron chi connectivity index (χ4n) is 3.84. The Morgan fingerprint density at radius 3 is 1.56 bits per heavy atom. The summed E-state index contributed by atoms with van der Waals surface area (Å²) in [5.74, 6) is -1.60. The standard InChI is InChI=1S/C23H28O4/c1-4-10-20(11-5-1)14-18-23(19-15-21-12-6-2-7-13-21)26-24-22(25-27-23)16-8-3-9-17-22/h1-2,4-7,10-13H,3,8-9,14-19H2. The molecule has 1 aliphatic heterocycles. The Kier molecular flexibility index (Phi) is 5.89. The van der Waals surface area contributed by atoms with Gasteiger partial charge in [-0.1, -0.05) is 67.1 Å². The maximum atomic E-state index is 5.96. The topological polar surface area (TPSA) is 36.9 Å². The van der Waals surface area contributed by atoms with Crippen LogP contribution in [0.5, 0.6) is 0 Å². The van der Waals surface area contributed by atoms with Crippen LogP contribution in [0.4, 0.5) is 0 Å². The Bertz CT molecular complexity index is 639. The van der Waals surface area contributed by atoms with Crippen LogP contribution in [0.2, 0.25) is 0 Å². The first-order valence-electron chi connectivity index (χ1n) is 10.1. The molecule has 0 unspecified atom stereocenters. The molecule has 1 aliphatic carbocycles. The average molecular weight is 368 g/mol. The first-order chi connectivity index (χ1) is 13.3. The smallest absolute Gasteiger partial charge is 0.195 e. The first kappa shape index (κ1) is 18.6. The highest BCUT2D eigenvalue weighted by Crippen LogP contribution is 2.42. The summed E-state index contributed by atoms with van der Waals surface area (Å²) in [6.45, 7) is 0. The van der Waals surface area contributed by atoms with Crippen LogP contribution < -0.4 is 0 Å². The largest absolute Gasteiger partial charge is 0.234 e. The minimum absolute atomic E-state index is 0.680. The van der Waals surface area contributed by atoms with Gasteiger partial charge in [-0.05, 0) is 36.8 Å². The van der Waals surface area contributed by atoms with Crippen LogP contribution in [0.1, 0.15) is 56.1 Å². The maximum absolute atomic E-state index is 5.96. The molecule has 1 spiro atoms. The van der Waals surface area contributed by atoms with Gasteiger partial charge in [0.05, 0.1) is 0 Å². The number of rotatable bonds is 6. The molecule has 2 aromatic rings. The van der Waals surface area contributed by atoms with Gasteiger partial charge in [-0.15, -0.1) is 0 Å². The lowest BCUT2D eigenvalue weighted by Gasteiger charge is -2.44. The van der Waals surface area contributed by atoms with E-state index in [-0.39, 0.29) is 0 Å². The van der Waals surface area contributed by atoms with Crippen LogP contribution in [0.3, 0.4) is 0 Å². The van der Waals surface area contributed by atoms with Gasteiger partial charge in [-0.25, -0.2) is 0 Å². The Morgan fingerprint density at radius 1 is 0.593 bits per heavy atom. The van der Waals surface area contributed by atoms with Crippen molar-refractivity contribution in [3.63, 3.8) is 0 Å². The SMILES string of the molecule is c1ccc(CCC2(CCc3ccccc3)OOC3(CCCCC3)OO2)cc1. The lowest BCUT2D eigenvalue weighted by Crippen LogP contribution is -2.52. The lowest BCUT2D eigenvalue weighted by molar-refractivity contribution is -0.661. The van der Waals surface area contributed by atoms with Gasteiger partial charge < -0.3 is 0 Å². The van der Waals surface area contributed by atoms with Gasteiger partial charge in [-0.3, -0.25) is 0 Å². The second-order valence-electron chi connectivity index (χ2n) is 7.69. The van der Waals surface area contributed by atoms with Gasteiger partial charge in [0.25, 0.3) is 0 Å². The fraction of sp³-hybridized carbons (Fsp3) is 0.478. The van der Waals surface area contributed by atoms with Crippen LogP contribution >= 0.6 is 0 Å². The molecule has 27 heavy (non-hydrogen) atoms. The summed E-state index contributed by atoms with van der Waals surface area (Å²) in [4.78, 5) is 23.6. The van der Waals surface area contributed by atoms with Crippen LogP contribution in [-0.4, -0.2) is 11.6 Å². The van der Waals surface area contributed by atoms with E-state index in [1.807, 2.05) is 12.1 Å². The Hall–Kier alpha value is -1.72. The monoisotopic (exact) mass is 368 g/mol. The third-order valence-electron chi connectivity index (χ3n) is 5.58. The summed E-state index contributed by atoms with van der Waals surface area (Å²) < 4.78 is 0. The van der Waals surface area contributed by atoms with E-state index in [0.29, 0.717) is 12.8 Å². The van der Waals surface area contributed by atoms with Crippen LogP contribution in [0.15, 0.2) is 60.7 Å². The Labute approximate surface area is 161 Å². The quantitative estimate of drug-likeness (QED) is 0.629. The first-order valence-corrected chi connectivity index (χ1v) is 10.1. The molecule has 0 aromatic heterocycles. The van der Waals surface area contributed by atoms with Gasteiger partial charge in [0, 0.05) is 25.7 Å². The highest BCUT2D eigenvalue weighted by molar-refractivity contribution is 5.16. The van der Waals surface area contributed by atoms with Gasteiger partial charge in [-0.2, -0.15) is 19.6 Å². The van der Waals surface area contributed by atoms with Crippen molar-refractivity contribution >= 4 is 0 Å². The molecule has 2 fully saturated rings. The lowest BCUT2D eigenvalue weighted by atomic mass is 9.94. The summed E-state index contributed by atoms with van der Waals surface area (Å²) in [5, 5.41) is 0. The highest BCUT2D eigenvalue weighted by atomic mass is 17.4. The summed E-state index contributed by atoms with van der Waals surface area (Å²) in [6.07, 6.45) is 8.05. The van der Waals surface area contributed by atoms with Gasteiger partial charge >= 0.3 is 0 Å². The number of hydrogen-bond donors (Lipinski definition) is 0. The Balaban J connectivity index is 1.43. The van der Waals surface area contributed by atoms with E-state index in [0.717, 1.165) is 38.5 Å². The molecular formula is C23H28O4. The predicted molar refractivity (Wildman–Crippen MR) is 102 cm³/mol. The molecule has 0 N–H and O–H groups in total. The van der Waals surface area contributed by atoms with Gasteiger partial charge in [0.1, 0.15) is 0 Å². The maximum Gasteiger partial charge on any atom is 0.234 e. The molecule has 2 aromatic carbocycles. The highest BCUT2D eigenvalue weighted by Gasteiger charge is 2.48. The van der Waals surface area contributed by atoms with E-state index in [9.17, 15) is 0 Å². The summed E-state index contributed by atoms with van der Waals surface area (Å²) >= 11 is 0. The molecule has 0 amide bonds. The second-order valence-corrected chi connectivity index (χ2v) is 7.69. The average Bonchev–Trinajstić information content (AvgIpc) is 2.75. The normalized spacial score (nSPS) is 21.2. The minimum atomic E-state index is -0.881. The van der Waals surface area contributed by atoms with Crippen LogP contribution in [-0.2, 0) is 32.4 Å². The fourth-order valence-corrected chi connectivity index (χ4v) is 3.84. The third-order valence-corrected chi connectivity index (χ3v) is 5.58.